The highest BCUT2D eigenvalue weighted by molar-refractivity contribution is 8.18. The van der Waals surface area contributed by atoms with E-state index in [1.165, 1.54) is 4.90 Å². The molecule has 5 nitrogen and oxygen atoms in total. The molecule has 1 saturated heterocycles. The van der Waals surface area contributed by atoms with Gasteiger partial charge in [0, 0.05) is 6.54 Å². The second-order valence-electron chi connectivity index (χ2n) is 4.68. The van der Waals surface area contributed by atoms with Crippen LogP contribution in [0.15, 0.2) is 23.1 Å². The number of ether oxygens (including phenoxy) is 2. The minimum atomic E-state index is -0.231. The molecular formula is C16H19NO4S. The Balaban J connectivity index is 2.28. The maximum Gasteiger partial charge on any atom is 0.293 e. The number of nitrogens with zero attached hydrogens (tertiary/aromatic N) is 1. The molecule has 1 heterocycles. The van der Waals surface area contributed by atoms with Crippen LogP contribution in [0.4, 0.5) is 4.79 Å². The van der Waals surface area contributed by atoms with Crippen LogP contribution >= 0.6 is 11.8 Å². The molecule has 0 bridgehead atoms. The molecule has 6 heteroatoms. The van der Waals surface area contributed by atoms with Crippen LogP contribution in [0.3, 0.4) is 0 Å². The van der Waals surface area contributed by atoms with E-state index >= 15 is 0 Å². The Kier molecular flexibility index (Phi) is 5.49. The van der Waals surface area contributed by atoms with Gasteiger partial charge in [0.25, 0.3) is 11.1 Å². The second-order valence-corrected chi connectivity index (χ2v) is 5.67. The highest BCUT2D eigenvalue weighted by atomic mass is 32.2. The molecule has 1 fully saturated rings. The number of thioether (sulfide) groups is 1. The minimum Gasteiger partial charge on any atom is -0.493 e. The zero-order valence-electron chi connectivity index (χ0n) is 12.9. The molecule has 0 saturated carbocycles. The Morgan fingerprint density at radius 3 is 2.64 bits per heavy atom. The normalized spacial score (nSPS) is 16.5. The lowest BCUT2D eigenvalue weighted by Gasteiger charge is -2.10. The first-order valence-corrected chi connectivity index (χ1v) is 7.98. The molecule has 1 aromatic carbocycles. The van der Waals surface area contributed by atoms with Gasteiger partial charge in [-0.1, -0.05) is 13.0 Å². The predicted octanol–water partition coefficient (Wildman–Crippen LogP) is 3.54. The summed E-state index contributed by atoms with van der Waals surface area (Å²) in [5.74, 6) is 1.02. The average molecular weight is 321 g/mol. The van der Waals surface area contributed by atoms with Crippen molar-refractivity contribution < 1.29 is 19.1 Å². The molecule has 0 N–H and O–H groups in total. The number of hydrogen-bond donors (Lipinski definition) is 0. The van der Waals surface area contributed by atoms with E-state index in [-0.39, 0.29) is 11.1 Å². The van der Waals surface area contributed by atoms with E-state index in [2.05, 4.69) is 0 Å². The third-order valence-corrected chi connectivity index (χ3v) is 4.01. The van der Waals surface area contributed by atoms with Gasteiger partial charge < -0.3 is 9.47 Å². The maximum atomic E-state index is 12.2. The molecule has 0 atom stereocenters. The third kappa shape index (κ3) is 3.44. The van der Waals surface area contributed by atoms with Gasteiger partial charge >= 0.3 is 0 Å². The van der Waals surface area contributed by atoms with Gasteiger partial charge in [-0.2, -0.15) is 0 Å². The van der Waals surface area contributed by atoms with Gasteiger partial charge in [0.15, 0.2) is 11.5 Å². The first-order chi connectivity index (χ1) is 10.6. The molecule has 0 aliphatic carbocycles. The molecule has 0 aromatic heterocycles. The summed E-state index contributed by atoms with van der Waals surface area (Å²) in [6.07, 6.45) is 2.46. The van der Waals surface area contributed by atoms with Crippen molar-refractivity contribution in [1.29, 1.82) is 0 Å². The van der Waals surface area contributed by atoms with Crippen molar-refractivity contribution in [3.63, 3.8) is 0 Å². The number of amides is 2. The van der Waals surface area contributed by atoms with Crippen molar-refractivity contribution in [3.8, 4) is 11.5 Å². The van der Waals surface area contributed by atoms with Gasteiger partial charge in [-0.15, -0.1) is 0 Å². The maximum absolute atomic E-state index is 12.2. The van der Waals surface area contributed by atoms with Gasteiger partial charge in [-0.3, -0.25) is 14.5 Å². The number of rotatable bonds is 6. The fourth-order valence-corrected chi connectivity index (χ4v) is 2.98. The van der Waals surface area contributed by atoms with E-state index in [0.717, 1.165) is 23.7 Å². The topological polar surface area (TPSA) is 55.8 Å². The van der Waals surface area contributed by atoms with E-state index in [0.29, 0.717) is 29.6 Å². The van der Waals surface area contributed by atoms with Crippen LogP contribution in [-0.4, -0.2) is 36.3 Å². The van der Waals surface area contributed by atoms with Crippen molar-refractivity contribution in [2.24, 2.45) is 0 Å². The van der Waals surface area contributed by atoms with Crippen molar-refractivity contribution in [2.75, 3.05) is 20.3 Å². The summed E-state index contributed by atoms with van der Waals surface area (Å²) in [4.78, 5) is 25.7. The number of imide groups is 1. The largest absolute Gasteiger partial charge is 0.493 e. The van der Waals surface area contributed by atoms with E-state index < -0.39 is 0 Å². The van der Waals surface area contributed by atoms with Crippen LogP contribution in [0.25, 0.3) is 6.08 Å². The first kappa shape index (κ1) is 16.4. The monoisotopic (exact) mass is 321 g/mol. The Hall–Kier alpha value is -1.95. The molecule has 0 unspecified atom stereocenters. The SMILES string of the molecule is CCCN1C(=O)S/C(=C/c2ccc(OC)c(OCC)c2)C1=O. The van der Waals surface area contributed by atoms with Gasteiger partial charge in [-0.25, -0.2) is 0 Å². The molecule has 1 aliphatic rings. The first-order valence-electron chi connectivity index (χ1n) is 7.16. The molecule has 22 heavy (non-hydrogen) atoms. The lowest BCUT2D eigenvalue weighted by atomic mass is 10.2. The standard InChI is InChI=1S/C16H19NO4S/c1-4-8-17-15(18)14(22-16(17)19)10-11-6-7-12(20-3)13(9-11)21-5-2/h6-7,9-10H,4-5,8H2,1-3H3/b14-10+. The summed E-state index contributed by atoms with van der Waals surface area (Å²) in [6.45, 7) is 4.80. The molecule has 1 aliphatic heterocycles. The third-order valence-electron chi connectivity index (χ3n) is 3.11. The average Bonchev–Trinajstić information content (AvgIpc) is 2.76. The fraction of sp³-hybridized carbons (Fsp3) is 0.375. The van der Waals surface area contributed by atoms with E-state index in [9.17, 15) is 9.59 Å². The van der Waals surface area contributed by atoms with Crippen LogP contribution in [0.1, 0.15) is 25.8 Å². The van der Waals surface area contributed by atoms with Crippen LogP contribution in [0.5, 0.6) is 11.5 Å². The molecule has 2 amide bonds. The molecular weight excluding hydrogens is 302 g/mol. The smallest absolute Gasteiger partial charge is 0.293 e. The minimum absolute atomic E-state index is 0.211. The van der Waals surface area contributed by atoms with Gasteiger partial charge in [0.1, 0.15) is 0 Å². The summed E-state index contributed by atoms with van der Waals surface area (Å²) in [5.41, 5.74) is 0.797. The predicted molar refractivity (Wildman–Crippen MR) is 87.1 cm³/mol. The molecule has 2 rings (SSSR count). The summed E-state index contributed by atoms with van der Waals surface area (Å²) in [7, 11) is 1.58. The van der Waals surface area contributed by atoms with E-state index in [1.807, 2.05) is 19.9 Å². The Morgan fingerprint density at radius 1 is 1.23 bits per heavy atom. The van der Waals surface area contributed by atoms with Crippen LogP contribution in [-0.2, 0) is 4.79 Å². The van der Waals surface area contributed by atoms with Gasteiger partial charge in [0.2, 0.25) is 0 Å². The fourth-order valence-electron chi connectivity index (χ4n) is 2.12. The number of carbonyl (C=O) groups is 2. The second kappa shape index (κ2) is 7.35. The van der Waals surface area contributed by atoms with Crippen LogP contribution < -0.4 is 9.47 Å². The Labute approximate surface area is 134 Å². The molecule has 0 radical (unpaired) electrons. The Bertz CT molecular complexity index is 612. The zero-order chi connectivity index (χ0) is 16.1. The van der Waals surface area contributed by atoms with Crippen molar-refractivity contribution >= 4 is 29.0 Å². The molecule has 118 valence electrons. The Morgan fingerprint density at radius 2 is 2.00 bits per heavy atom. The summed E-state index contributed by atoms with van der Waals surface area (Å²) >= 11 is 0.972. The highest BCUT2D eigenvalue weighted by Crippen LogP contribution is 2.34. The van der Waals surface area contributed by atoms with Gasteiger partial charge in [0.05, 0.1) is 18.6 Å². The highest BCUT2D eigenvalue weighted by Gasteiger charge is 2.34. The number of benzene rings is 1. The summed E-state index contributed by atoms with van der Waals surface area (Å²) in [5, 5.41) is -0.211. The van der Waals surface area contributed by atoms with Crippen molar-refractivity contribution in [1.82, 2.24) is 4.90 Å². The molecule has 0 spiro atoms. The summed E-state index contributed by atoms with van der Waals surface area (Å²) < 4.78 is 10.7. The van der Waals surface area contributed by atoms with Crippen molar-refractivity contribution in [3.05, 3.63) is 28.7 Å². The van der Waals surface area contributed by atoms with Crippen LogP contribution in [0, 0.1) is 0 Å². The number of methoxy groups -OCH3 is 1. The molecule has 1 aromatic rings. The van der Waals surface area contributed by atoms with E-state index in [1.54, 1.807) is 25.3 Å². The van der Waals surface area contributed by atoms with Gasteiger partial charge in [-0.05, 0) is 48.9 Å². The lowest BCUT2D eigenvalue weighted by molar-refractivity contribution is -0.122. The van der Waals surface area contributed by atoms with Crippen LogP contribution in [0.2, 0.25) is 0 Å². The quantitative estimate of drug-likeness (QED) is 0.750. The number of carbonyl (C=O) groups excluding carboxylic acids is 2. The summed E-state index contributed by atoms with van der Waals surface area (Å²) in [6, 6.07) is 5.42. The zero-order valence-corrected chi connectivity index (χ0v) is 13.7. The lowest BCUT2D eigenvalue weighted by Crippen LogP contribution is -2.28. The van der Waals surface area contributed by atoms with Crippen molar-refractivity contribution in [2.45, 2.75) is 20.3 Å². The van der Waals surface area contributed by atoms with E-state index in [4.69, 9.17) is 9.47 Å². The number of hydrogen-bond acceptors (Lipinski definition) is 5.